The van der Waals surface area contributed by atoms with Crippen LogP contribution in [-0.2, 0) is 5.60 Å². The van der Waals surface area contributed by atoms with E-state index in [0.29, 0.717) is 36.5 Å². The summed E-state index contributed by atoms with van der Waals surface area (Å²) in [6.07, 6.45) is 1.00. The number of aliphatic hydroxyl groups is 1. The van der Waals surface area contributed by atoms with Gasteiger partial charge in [0.2, 0.25) is 0 Å². The molecule has 1 N–H and O–H groups in total. The maximum Gasteiger partial charge on any atom is 0.254 e. The molecule has 27 heavy (non-hydrogen) atoms. The molecule has 5 heteroatoms. The molecule has 1 amide bonds. The van der Waals surface area contributed by atoms with Gasteiger partial charge in [-0.2, -0.15) is 0 Å². The molecule has 0 bridgehead atoms. The maximum absolute atomic E-state index is 13.2. The number of nitrogens with zero attached hydrogens (tertiary/aromatic N) is 2. The number of benzene rings is 2. The Balaban J connectivity index is 1.57. The van der Waals surface area contributed by atoms with Crippen LogP contribution in [0, 0.1) is 6.92 Å². The first kappa shape index (κ1) is 18.0. The third-order valence-electron chi connectivity index (χ3n) is 5.33. The minimum absolute atomic E-state index is 0.00476. The molecule has 2 heterocycles. The Labute approximate surface area is 163 Å². The highest BCUT2D eigenvalue weighted by Gasteiger charge is 2.35. The van der Waals surface area contributed by atoms with Crippen molar-refractivity contribution < 1.29 is 9.90 Å². The Morgan fingerprint density at radius 1 is 1.11 bits per heavy atom. The number of amides is 1. The number of para-hydroxylation sites is 1. The van der Waals surface area contributed by atoms with E-state index >= 15 is 0 Å². The Kier molecular flexibility index (Phi) is 4.62. The summed E-state index contributed by atoms with van der Waals surface area (Å²) in [5, 5.41) is 12.5. The lowest BCUT2D eigenvalue weighted by Crippen LogP contribution is -2.45. The summed E-state index contributed by atoms with van der Waals surface area (Å²) in [5.74, 6) is -0.00476. The van der Waals surface area contributed by atoms with Gasteiger partial charge in [0.05, 0.1) is 16.7 Å². The van der Waals surface area contributed by atoms with Crippen LogP contribution < -0.4 is 0 Å². The molecular formula is C22H21ClN2O2. The number of aromatic nitrogens is 1. The third-order valence-corrected chi connectivity index (χ3v) is 5.59. The second kappa shape index (κ2) is 6.95. The second-order valence-electron chi connectivity index (χ2n) is 7.16. The fourth-order valence-corrected chi connectivity index (χ4v) is 3.91. The smallest absolute Gasteiger partial charge is 0.254 e. The van der Waals surface area contributed by atoms with Crippen molar-refractivity contribution in [2.24, 2.45) is 0 Å². The van der Waals surface area contributed by atoms with E-state index in [1.54, 1.807) is 12.1 Å². The van der Waals surface area contributed by atoms with Crippen molar-refractivity contribution in [3.8, 4) is 0 Å². The summed E-state index contributed by atoms with van der Waals surface area (Å²) in [6.45, 7) is 2.92. The number of hydrogen-bond acceptors (Lipinski definition) is 3. The third kappa shape index (κ3) is 3.43. The largest absolute Gasteiger partial charge is 0.385 e. The van der Waals surface area contributed by atoms with E-state index in [1.807, 2.05) is 54.3 Å². The molecule has 0 aliphatic carbocycles. The Bertz CT molecular complexity index is 993. The van der Waals surface area contributed by atoms with Crippen LogP contribution in [0.2, 0.25) is 5.02 Å². The number of carbonyl (C=O) groups excluding carboxylic acids is 1. The average molecular weight is 381 g/mol. The Morgan fingerprint density at radius 2 is 1.78 bits per heavy atom. The lowest BCUT2D eigenvalue weighted by Gasteiger charge is -2.38. The lowest BCUT2D eigenvalue weighted by molar-refractivity contribution is -0.0211. The minimum atomic E-state index is -0.919. The highest BCUT2D eigenvalue weighted by Crippen LogP contribution is 2.34. The van der Waals surface area contributed by atoms with Crippen molar-refractivity contribution in [1.29, 1.82) is 0 Å². The zero-order chi connectivity index (χ0) is 19.0. The molecule has 1 aliphatic rings. The zero-order valence-corrected chi connectivity index (χ0v) is 15.9. The number of rotatable bonds is 2. The monoisotopic (exact) mass is 380 g/mol. The molecule has 2 aromatic carbocycles. The van der Waals surface area contributed by atoms with Crippen LogP contribution in [0.15, 0.2) is 54.6 Å². The summed E-state index contributed by atoms with van der Waals surface area (Å²) >= 11 is 5.95. The summed E-state index contributed by atoms with van der Waals surface area (Å²) in [5.41, 5.74) is 2.26. The summed E-state index contributed by atoms with van der Waals surface area (Å²) in [7, 11) is 0. The van der Waals surface area contributed by atoms with E-state index in [2.05, 4.69) is 4.98 Å². The van der Waals surface area contributed by atoms with Crippen LogP contribution in [0.25, 0.3) is 10.9 Å². The predicted octanol–water partition coefficient (Wildman–Crippen LogP) is 4.32. The fourth-order valence-electron chi connectivity index (χ4n) is 3.78. The first-order valence-electron chi connectivity index (χ1n) is 9.10. The van der Waals surface area contributed by atoms with E-state index in [9.17, 15) is 9.90 Å². The molecule has 0 radical (unpaired) electrons. The van der Waals surface area contributed by atoms with E-state index in [0.717, 1.165) is 22.2 Å². The normalized spacial score (nSPS) is 16.5. The van der Waals surface area contributed by atoms with Crippen molar-refractivity contribution >= 4 is 28.4 Å². The van der Waals surface area contributed by atoms with Crippen LogP contribution in [0.3, 0.4) is 0 Å². The van der Waals surface area contributed by atoms with Gasteiger partial charge in [-0.05, 0) is 49.6 Å². The van der Waals surface area contributed by atoms with Gasteiger partial charge in [0.1, 0.15) is 0 Å². The van der Waals surface area contributed by atoms with Gasteiger partial charge < -0.3 is 10.0 Å². The number of pyridine rings is 1. The van der Waals surface area contributed by atoms with Crippen LogP contribution in [-0.4, -0.2) is 34.0 Å². The zero-order valence-electron chi connectivity index (χ0n) is 15.2. The molecule has 0 spiro atoms. The molecule has 0 atom stereocenters. The molecular weight excluding hydrogens is 360 g/mol. The minimum Gasteiger partial charge on any atom is -0.385 e. The van der Waals surface area contributed by atoms with Crippen molar-refractivity contribution in [3.63, 3.8) is 0 Å². The number of halogens is 1. The van der Waals surface area contributed by atoms with Crippen molar-refractivity contribution in [2.75, 3.05) is 13.1 Å². The highest BCUT2D eigenvalue weighted by atomic mass is 35.5. The van der Waals surface area contributed by atoms with Crippen molar-refractivity contribution in [1.82, 2.24) is 9.88 Å². The first-order chi connectivity index (χ1) is 13.0. The number of likely N-dealkylation sites (tertiary alicyclic amines) is 1. The SMILES string of the molecule is Cc1cc(C(=O)N2CCC(O)(c3ccc(Cl)cc3)CC2)c2ccccc2n1. The lowest BCUT2D eigenvalue weighted by atomic mass is 9.84. The average Bonchev–Trinajstić information content (AvgIpc) is 2.68. The highest BCUT2D eigenvalue weighted by molar-refractivity contribution is 6.30. The van der Waals surface area contributed by atoms with Crippen molar-refractivity contribution in [3.05, 3.63) is 76.4 Å². The van der Waals surface area contributed by atoms with Gasteiger partial charge in [0.25, 0.3) is 5.91 Å². The van der Waals surface area contributed by atoms with Gasteiger partial charge >= 0.3 is 0 Å². The topological polar surface area (TPSA) is 53.4 Å². The number of hydrogen-bond donors (Lipinski definition) is 1. The van der Waals surface area contributed by atoms with Gasteiger partial charge in [-0.3, -0.25) is 9.78 Å². The summed E-state index contributed by atoms with van der Waals surface area (Å²) in [4.78, 5) is 19.5. The van der Waals surface area contributed by atoms with E-state index in [1.165, 1.54) is 0 Å². The standard InChI is InChI=1S/C22H21ClN2O2/c1-15-14-19(18-4-2-3-5-20(18)24-15)21(26)25-12-10-22(27,11-13-25)16-6-8-17(23)9-7-16/h2-9,14,27H,10-13H2,1H3. The van der Waals surface area contributed by atoms with Gasteiger partial charge in [-0.1, -0.05) is 41.9 Å². The predicted molar refractivity (Wildman–Crippen MR) is 107 cm³/mol. The van der Waals surface area contributed by atoms with Crippen molar-refractivity contribution in [2.45, 2.75) is 25.4 Å². The Morgan fingerprint density at radius 3 is 2.48 bits per heavy atom. The quantitative estimate of drug-likeness (QED) is 0.720. The number of aryl methyl sites for hydroxylation is 1. The van der Waals surface area contributed by atoms with Gasteiger partial charge in [-0.15, -0.1) is 0 Å². The molecule has 3 aromatic rings. The summed E-state index contributed by atoms with van der Waals surface area (Å²) in [6, 6.07) is 16.9. The molecule has 4 rings (SSSR count). The van der Waals surface area contributed by atoms with Crippen LogP contribution in [0.4, 0.5) is 0 Å². The van der Waals surface area contributed by atoms with E-state index < -0.39 is 5.60 Å². The molecule has 1 aromatic heterocycles. The molecule has 1 saturated heterocycles. The molecule has 0 unspecified atom stereocenters. The first-order valence-corrected chi connectivity index (χ1v) is 9.48. The number of fused-ring (bicyclic) bond motifs is 1. The van der Waals surface area contributed by atoms with Crippen LogP contribution in [0.1, 0.15) is 34.5 Å². The van der Waals surface area contributed by atoms with Gasteiger partial charge in [0, 0.05) is 29.2 Å². The molecule has 138 valence electrons. The second-order valence-corrected chi connectivity index (χ2v) is 7.60. The fraction of sp³-hybridized carbons (Fsp3) is 0.273. The molecule has 1 fully saturated rings. The molecule has 1 aliphatic heterocycles. The van der Waals surface area contributed by atoms with Gasteiger partial charge in [0.15, 0.2) is 0 Å². The van der Waals surface area contributed by atoms with E-state index in [-0.39, 0.29) is 5.91 Å². The number of carbonyl (C=O) groups is 1. The summed E-state index contributed by atoms with van der Waals surface area (Å²) < 4.78 is 0. The van der Waals surface area contributed by atoms with Gasteiger partial charge in [-0.25, -0.2) is 0 Å². The Hall–Kier alpha value is -2.43. The van der Waals surface area contributed by atoms with Crippen LogP contribution >= 0.6 is 11.6 Å². The number of piperidine rings is 1. The van der Waals surface area contributed by atoms with Crippen LogP contribution in [0.5, 0.6) is 0 Å². The molecule has 4 nitrogen and oxygen atoms in total. The van der Waals surface area contributed by atoms with E-state index in [4.69, 9.17) is 11.6 Å². The molecule has 0 saturated carbocycles. The maximum atomic E-state index is 13.2.